The van der Waals surface area contributed by atoms with E-state index in [1.165, 1.54) is 0 Å². The molecule has 0 amide bonds. The summed E-state index contributed by atoms with van der Waals surface area (Å²) in [6.45, 7) is 9.37. The third-order valence-corrected chi connectivity index (χ3v) is 5.92. The van der Waals surface area contributed by atoms with Crippen molar-refractivity contribution >= 4 is 34.2 Å². The number of alkyl halides is 3. The number of hydrogen-bond donors (Lipinski definition) is 2. The number of benzene rings is 1. The van der Waals surface area contributed by atoms with E-state index < -0.39 is 11.7 Å². The largest absolute Gasteiger partial charge is 0.419 e. The Bertz CT molecular complexity index is 1170. The molecule has 7 nitrogen and oxygen atoms in total. The molecule has 1 saturated heterocycles. The first-order valence-corrected chi connectivity index (χ1v) is 10.4. The van der Waals surface area contributed by atoms with Crippen LogP contribution >= 0.6 is 0 Å². The van der Waals surface area contributed by atoms with Crippen LogP contribution < -0.4 is 16.0 Å². The van der Waals surface area contributed by atoms with E-state index in [-0.39, 0.29) is 12.0 Å². The molecule has 3 heterocycles. The van der Waals surface area contributed by atoms with Crippen molar-refractivity contribution in [2.24, 2.45) is 7.05 Å². The van der Waals surface area contributed by atoms with Crippen LogP contribution in [0.15, 0.2) is 25.0 Å². The minimum atomic E-state index is -4.45. The molecule has 3 N–H and O–H groups in total. The van der Waals surface area contributed by atoms with Crippen LogP contribution in [0.2, 0.25) is 0 Å². The smallest absolute Gasteiger partial charge is 0.398 e. The van der Waals surface area contributed by atoms with Crippen molar-refractivity contribution in [1.82, 2.24) is 19.5 Å². The van der Waals surface area contributed by atoms with Gasteiger partial charge in [-0.1, -0.05) is 6.58 Å². The van der Waals surface area contributed by atoms with Gasteiger partial charge in [0, 0.05) is 55.4 Å². The third kappa shape index (κ3) is 3.96. The summed E-state index contributed by atoms with van der Waals surface area (Å²) in [5.41, 5.74) is 10.7. The summed E-state index contributed by atoms with van der Waals surface area (Å²) in [5, 5.41) is 3.16. The van der Waals surface area contributed by atoms with Gasteiger partial charge in [0.2, 0.25) is 11.9 Å². The van der Waals surface area contributed by atoms with Gasteiger partial charge < -0.3 is 20.5 Å². The number of piperidine rings is 1. The van der Waals surface area contributed by atoms with Crippen LogP contribution in [0.3, 0.4) is 0 Å². The summed E-state index contributed by atoms with van der Waals surface area (Å²) in [6.07, 6.45) is -1.09. The Kier molecular flexibility index (Phi) is 5.47. The Morgan fingerprint density at radius 3 is 2.59 bits per heavy atom. The first kappa shape index (κ1) is 21.9. The summed E-state index contributed by atoms with van der Waals surface area (Å²) in [7, 11) is 1.97. The van der Waals surface area contributed by atoms with Crippen LogP contribution in [0.1, 0.15) is 36.5 Å². The van der Waals surface area contributed by atoms with Crippen molar-refractivity contribution in [3.05, 3.63) is 41.7 Å². The van der Waals surface area contributed by atoms with Gasteiger partial charge in [-0.2, -0.15) is 13.2 Å². The van der Waals surface area contributed by atoms with Crippen LogP contribution in [0.4, 0.5) is 30.8 Å². The highest BCUT2D eigenvalue weighted by Gasteiger charge is 2.31. The highest BCUT2D eigenvalue weighted by Crippen LogP contribution is 2.34. The number of anilines is 3. The second-order valence-corrected chi connectivity index (χ2v) is 8.30. The summed E-state index contributed by atoms with van der Waals surface area (Å²) >= 11 is 0. The molecule has 0 aliphatic carbocycles. The van der Waals surface area contributed by atoms with Gasteiger partial charge in [-0.3, -0.25) is 0 Å². The van der Waals surface area contributed by atoms with Gasteiger partial charge in [0.05, 0.1) is 16.6 Å². The van der Waals surface area contributed by atoms with Crippen LogP contribution in [-0.2, 0) is 13.2 Å². The van der Waals surface area contributed by atoms with Crippen molar-refractivity contribution in [1.29, 1.82) is 0 Å². The van der Waals surface area contributed by atoms with Crippen LogP contribution in [0, 0.1) is 6.92 Å². The number of rotatable bonds is 4. The molecule has 3 aromatic rings. The number of hydrogen-bond acceptors (Lipinski definition) is 6. The number of imidazole rings is 1. The van der Waals surface area contributed by atoms with Gasteiger partial charge in [0.1, 0.15) is 0 Å². The lowest BCUT2D eigenvalue weighted by Gasteiger charge is -2.33. The molecule has 0 unspecified atom stereocenters. The van der Waals surface area contributed by atoms with Crippen molar-refractivity contribution in [2.45, 2.75) is 38.9 Å². The number of halogens is 3. The van der Waals surface area contributed by atoms with E-state index >= 15 is 0 Å². The first-order chi connectivity index (χ1) is 15.1. The average Bonchev–Trinajstić information content (AvgIpc) is 3.07. The summed E-state index contributed by atoms with van der Waals surface area (Å²) in [4.78, 5) is 14.7. The molecule has 0 bridgehead atoms. The average molecular weight is 445 g/mol. The maximum atomic E-state index is 12.7. The molecule has 4 rings (SSSR count). The SMILES string of the molecule is C=C(C)c1cc2c(nc(N3CCC[C@@H](Nc4ncc(C(F)(F)F)cn4)C3)n2C)c(C)c1N. The van der Waals surface area contributed by atoms with Gasteiger partial charge in [-0.25, -0.2) is 15.0 Å². The number of fused-ring (bicyclic) bond motifs is 1. The van der Waals surface area contributed by atoms with E-state index in [2.05, 4.69) is 26.8 Å². The van der Waals surface area contributed by atoms with Crippen molar-refractivity contribution in [3.63, 3.8) is 0 Å². The molecule has 2 aromatic heterocycles. The van der Waals surface area contributed by atoms with Crippen molar-refractivity contribution in [2.75, 3.05) is 29.0 Å². The summed E-state index contributed by atoms with van der Waals surface area (Å²) in [5.74, 6) is 1.01. The fourth-order valence-electron chi connectivity index (χ4n) is 4.13. The Balaban J connectivity index is 1.57. The molecule has 1 aliphatic rings. The van der Waals surface area contributed by atoms with Gasteiger partial charge in [0.15, 0.2) is 0 Å². The molecular formula is C22H26F3N7. The van der Waals surface area contributed by atoms with Gasteiger partial charge in [-0.15, -0.1) is 0 Å². The minimum Gasteiger partial charge on any atom is -0.398 e. The van der Waals surface area contributed by atoms with E-state index in [0.717, 1.165) is 65.5 Å². The minimum absolute atomic E-state index is 0.0163. The van der Waals surface area contributed by atoms with E-state index in [4.69, 9.17) is 10.7 Å². The maximum Gasteiger partial charge on any atom is 0.419 e. The number of nitrogens with one attached hydrogen (secondary N) is 1. The third-order valence-electron chi connectivity index (χ3n) is 5.92. The van der Waals surface area contributed by atoms with Gasteiger partial charge in [-0.05, 0) is 38.3 Å². The molecule has 0 spiro atoms. The summed E-state index contributed by atoms with van der Waals surface area (Å²) < 4.78 is 40.3. The Morgan fingerprint density at radius 2 is 1.97 bits per heavy atom. The van der Waals surface area contributed by atoms with Gasteiger partial charge in [0.25, 0.3) is 0 Å². The van der Waals surface area contributed by atoms with Crippen molar-refractivity contribution in [3.8, 4) is 0 Å². The zero-order chi connectivity index (χ0) is 23.2. The fourth-order valence-corrected chi connectivity index (χ4v) is 4.13. The standard InChI is InChI=1S/C22H26F3N7/c1-12(2)16-8-17-19(13(3)18(16)26)30-21(31(17)4)32-7-5-6-15(11-32)29-20-27-9-14(10-28-20)22(23,24)25/h8-10,15H,1,5-7,11,26H2,2-4H3,(H,27,28,29)/t15-/m1/s1. The molecule has 1 atom stereocenters. The molecule has 1 fully saturated rings. The highest BCUT2D eigenvalue weighted by molar-refractivity contribution is 5.92. The predicted octanol–water partition coefficient (Wildman–Crippen LogP) is 4.39. The van der Waals surface area contributed by atoms with E-state index in [0.29, 0.717) is 12.2 Å². The van der Waals surface area contributed by atoms with E-state index in [9.17, 15) is 13.2 Å². The Labute approximate surface area is 184 Å². The molecule has 10 heteroatoms. The molecule has 1 aliphatic heterocycles. The van der Waals surface area contributed by atoms with Crippen LogP contribution in [0.25, 0.3) is 16.6 Å². The normalized spacial score (nSPS) is 17.1. The number of nitrogen functional groups attached to an aromatic ring is 1. The second kappa shape index (κ2) is 7.99. The topological polar surface area (TPSA) is 84.9 Å². The zero-order valence-electron chi connectivity index (χ0n) is 18.3. The lowest BCUT2D eigenvalue weighted by molar-refractivity contribution is -0.138. The number of nitrogens with zero attached hydrogens (tertiary/aromatic N) is 5. The molecule has 0 saturated carbocycles. The van der Waals surface area contributed by atoms with Crippen LogP contribution in [-0.4, -0.2) is 38.7 Å². The highest BCUT2D eigenvalue weighted by atomic mass is 19.4. The fraction of sp³-hybridized carbons (Fsp3) is 0.409. The molecular weight excluding hydrogens is 419 g/mol. The molecule has 170 valence electrons. The number of aryl methyl sites for hydroxylation is 2. The zero-order valence-corrected chi connectivity index (χ0v) is 18.3. The predicted molar refractivity (Wildman–Crippen MR) is 120 cm³/mol. The van der Waals surface area contributed by atoms with E-state index in [1.807, 2.05) is 31.5 Å². The Morgan fingerprint density at radius 1 is 1.28 bits per heavy atom. The molecule has 0 radical (unpaired) electrons. The number of aromatic nitrogens is 4. The first-order valence-electron chi connectivity index (χ1n) is 10.4. The van der Waals surface area contributed by atoms with Crippen LogP contribution in [0.5, 0.6) is 0 Å². The van der Waals surface area contributed by atoms with E-state index in [1.54, 1.807) is 0 Å². The number of nitrogens with two attached hydrogens (primary N) is 1. The molecule has 32 heavy (non-hydrogen) atoms. The Hall–Kier alpha value is -3.30. The van der Waals surface area contributed by atoms with Crippen molar-refractivity contribution < 1.29 is 13.2 Å². The lowest BCUT2D eigenvalue weighted by atomic mass is 10.0. The number of allylic oxidation sites excluding steroid dienone is 1. The molecule has 1 aromatic carbocycles. The summed E-state index contributed by atoms with van der Waals surface area (Å²) in [6, 6.07) is 2.00. The quantitative estimate of drug-likeness (QED) is 0.580. The monoisotopic (exact) mass is 445 g/mol. The van der Waals surface area contributed by atoms with Gasteiger partial charge >= 0.3 is 6.18 Å². The maximum absolute atomic E-state index is 12.7. The lowest BCUT2D eigenvalue weighted by Crippen LogP contribution is -2.43. The second-order valence-electron chi connectivity index (χ2n) is 8.30.